The maximum Gasteiger partial charge on any atom is 0.0322 e. The Morgan fingerprint density at radius 1 is 1.11 bits per heavy atom. The zero-order valence-electron chi connectivity index (χ0n) is 11.7. The van der Waals surface area contributed by atoms with Gasteiger partial charge in [0.25, 0.3) is 0 Å². The van der Waals surface area contributed by atoms with Gasteiger partial charge in [-0.15, -0.1) is 0 Å². The van der Waals surface area contributed by atoms with E-state index in [2.05, 4.69) is 42.6 Å². The van der Waals surface area contributed by atoms with Gasteiger partial charge in [-0.1, -0.05) is 69.4 Å². The van der Waals surface area contributed by atoms with Crippen molar-refractivity contribution in [3.05, 3.63) is 35.9 Å². The third-order valence-corrected chi connectivity index (χ3v) is 4.14. The van der Waals surface area contributed by atoms with Crippen LogP contribution < -0.4 is 5.32 Å². The van der Waals surface area contributed by atoms with Crippen LogP contribution in [0.1, 0.15) is 63.5 Å². The van der Waals surface area contributed by atoms with E-state index >= 15 is 0 Å². The van der Waals surface area contributed by atoms with Gasteiger partial charge in [-0.2, -0.15) is 0 Å². The zero-order chi connectivity index (χ0) is 12.6. The van der Waals surface area contributed by atoms with Gasteiger partial charge in [0, 0.05) is 6.04 Å². The van der Waals surface area contributed by atoms with Crippen molar-refractivity contribution in [3.63, 3.8) is 0 Å². The number of rotatable bonds is 6. The molecule has 0 aromatic heterocycles. The monoisotopic (exact) mass is 245 g/mol. The Hall–Kier alpha value is -0.820. The second kappa shape index (κ2) is 7.58. The van der Waals surface area contributed by atoms with E-state index in [0.717, 1.165) is 12.5 Å². The van der Waals surface area contributed by atoms with E-state index in [1.807, 2.05) is 0 Å². The Morgan fingerprint density at radius 2 is 1.83 bits per heavy atom. The Morgan fingerprint density at radius 3 is 2.50 bits per heavy atom. The topological polar surface area (TPSA) is 12.0 Å². The van der Waals surface area contributed by atoms with Crippen molar-refractivity contribution in [2.45, 2.75) is 57.9 Å². The molecule has 1 aliphatic carbocycles. The van der Waals surface area contributed by atoms with Crippen LogP contribution in [0.25, 0.3) is 0 Å². The summed E-state index contributed by atoms with van der Waals surface area (Å²) in [5, 5.41) is 3.73. The first kappa shape index (κ1) is 13.6. The molecule has 1 nitrogen and oxygen atoms in total. The van der Waals surface area contributed by atoms with Crippen molar-refractivity contribution in [1.82, 2.24) is 5.32 Å². The minimum Gasteiger partial charge on any atom is -0.310 e. The molecule has 1 heteroatoms. The average molecular weight is 245 g/mol. The fourth-order valence-corrected chi connectivity index (χ4v) is 3.10. The highest BCUT2D eigenvalue weighted by atomic mass is 14.9. The maximum absolute atomic E-state index is 3.73. The van der Waals surface area contributed by atoms with E-state index in [4.69, 9.17) is 0 Å². The lowest BCUT2D eigenvalue weighted by Crippen LogP contribution is -2.25. The summed E-state index contributed by atoms with van der Waals surface area (Å²) in [6, 6.07) is 11.6. The van der Waals surface area contributed by atoms with Gasteiger partial charge in [0.05, 0.1) is 0 Å². The quantitative estimate of drug-likeness (QED) is 0.766. The highest BCUT2D eigenvalue weighted by molar-refractivity contribution is 5.19. The molecule has 0 heterocycles. The summed E-state index contributed by atoms with van der Waals surface area (Å²) in [4.78, 5) is 0. The molecule has 1 aromatic carbocycles. The van der Waals surface area contributed by atoms with E-state index in [1.54, 1.807) is 0 Å². The van der Waals surface area contributed by atoms with Gasteiger partial charge in [-0.05, 0) is 30.9 Å². The molecule has 1 unspecified atom stereocenters. The molecule has 2 rings (SSSR count). The molecule has 0 amide bonds. The predicted molar refractivity (Wildman–Crippen MR) is 78.7 cm³/mol. The summed E-state index contributed by atoms with van der Waals surface area (Å²) in [6.07, 6.45) is 9.76. The average Bonchev–Trinajstić information content (AvgIpc) is 2.45. The molecule has 0 bridgehead atoms. The number of benzene rings is 1. The normalized spacial score (nSPS) is 18.7. The lowest BCUT2D eigenvalue weighted by atomic mass is 9.83. The van der Waals surface area contributed by atoms with Crippen LogP contribution in [0.3, 0.4) is 0 Å². The molecular weight excluding hydrogens is 218 g/mol. The molecule has 0 radical (unpaired) electrons. The van der Waals surface area contributed by atoms with E-state index in [1.165, 1.54) is 50.5 Å². The fourth-order valence-electron chi connectivity index (χ4n) is 3.10. The zero-order valence-corrected chi connectivity index (χ0v) is 11.7. The summed E-state index contributed by atoms with van der Waals surface area (Å²) < 4.78 is 0. The van der Waals surface area contributed by atoms with Gasteiger partial charge in [0.15, 0.2) is 0 Å². The number of nitrogens with one attached hydrogen (secondary N) is 1. The van der Waals surface area contributed by atoms with E-state index < -0.39 is 0 Å². The number of hydrogen-bond acceptors (Lipinski definition) is 1. The van der Waals surface area contributed by atoms with Crippen LogP contribution in [-0.4, -0.2) is 6.54 Å². The van der Waals surface area contributed by atoms with Gasteiger partial charge >= 0.3 is 0 Å². The van der Waals surface area contributed by atoms with Gasteiger partial charge in [0.2, 0.25) is 0 Å². The van der Waals surface area contributed by atoms with Crippen LogP contribution in [0.4, 0.5) is 0 Å². The SMILES string of the molecule is CCCNC(CC1CCCCC1)c1ccccc1. The summed E-state index contributed by atoms with van der Waals surface area (Å²) in [5.41, 5.74) is 1.47. The minimum absolute atomic E-state index is 0.564. The Labute approximate surface area is 112 Å². The first-order chi connectivity index (χ1) is 8.90. The molecule has 1 fully saturated rings. The molecule has 1 aliphatic rings. The molecule has 1 saturated carbocycles. The Balaban J connectivity index is 1.95. The van der Waals surface area contributed by atoms with Crippen LogP contribution in [-0.2, 0) is 0 Å². The fraction of sp³-hybridized carbons (Fsp3) is 0.647. The van der Waals surface area contributed by atoms with Crippen molar-refractivity contribution in [2.75, 3.05) is 6.54 Å². The van der Waals surface area contributed by atoms with E-state index in [0.29, 0.717) is 6.04 Å². The standard InChI is InChI=1S/C17H27N/c1-2-13-18-17(16-11-7-4-8-12-16)14-15-9-5-3-6-10-15/h4,7-8,11-12,15,17-18H,2-3,5-6,9-10,13-14H2,1H3. The molecule has 0 aliphatic heterocycles. The molecule has 100 valence electrons. The maximum atomic E-state index is 3.73. The van der Waals surface area contributed by atoms with Crippen molar-refractivity contribution in [1.29, 1.82) is 0 Å². The largest absolute Gasteiger partial charge is 0.310 e. The van der Waals surface area contributed by atoms with Crippen LogP contribution in [0.2, 0.25) is 0 Å². The third kappa shape index (κ3) is 4.13. The lowest BCUT2D eigenvalue weighted by Gasteiger charge is -2.27. The highest BCUT2D eigenvalue weighted by Gasteiger charge is 2.19. The smallest absolute Gasteiger partial charge is 0.0322 e. The molecular formula is C17H27N. The summed E-state index contributed by atoms with van der Waals surface area (Å²) in [7, 11) is 0. The van der Waals surface area contributed by atoms with Gasteiger partial charge in [-0.3, -0.25) is 0 Å². The summed E-state index contributed by atoms with van der Waals surface area (Å²) in [6.45, 7) is 3.38. The van der Waals surface area contributed by atoms with Crippen LogP contribution in [0, 0.1) is 5.92 Å². The summed E-state index contributed by atoms with van der Waals surface area (Å²) >= 11 is 0. The first-order valence-corrected chi connectivity index (χ1v) is 7.68. The summed E-state index contributed by atoms with van der Waals surface area (Å²) in [5.74, 6) is 0.938. The van der Waals surface area contributed by atoms with Crippen molar-refractivity contribution in [3.8, 4) is 0 Å². The second-order valence-electron chi connectivity index (χ2n) is 5.66. The van der Waals surface area contributed by atoms with Gasteiger partial charge in [-0.25, -0.2) is 0 Å². The Kier molecular flexibility index (Phi) is 5.73. The Bertz CT molecular complexity index is 314. The van der Waals surface area contributed by atoms with Crippen molar-refractivity contribution < 1.29 is 0 Å². The molecule has 1 aromatic rings. The van der Waals surface area contributed by atoms with Crippen molar-refractivity contribution >= 4 is 0 Å². The molecule has 18 heavy (non-hydrogen) atoms. The minimum atomic E-state index is 0.564. The predicted octanol–water partition coefficient (Wildman–Crippen LogP) is 4.70. The number of hydrogen-bond donors (Lipinski definition) is 1. The lowest BCUT2D eigenvalue weighted by molar-refractivity contribution is 0.300. The van der Waals surface area contributed by atoms with E-state index in [-0.39, 0.29) is 0 Å². The second-order valence-corrected chi connectivity index (χ2v) is 5.66. The molecule has 1 N–H and O–H groups in total. The van der Waals surface area contributed by atoms with Crippen molar-refractivity contribution in [2.24, 2.45) is 5.92 Å². The van der Waals surface area contributed by atoms with Crippen LogP contribution >= 0.6 is 0 Å². The third-order valence-electron chi connectivity index (χ3n) is 4.14. The van der Waals surface area contributed by atoms with Crippen LogP contribution in [0.15, 0.2) is 30.3 Å². The molecule has 1 atom stereocenters. The van der Waals surface area contributed by atoms with E-state index in [9.17, 15) is 0 Å². The molecule has 0 spiro atoms. The van der Waals surface area contributed by atoms with Crippen LogP contribution in [0.5, 0.6) is 0 Å². The molecule has 0 saturated heterocycles. The van der Waals surface area contributed by atoms with Gasteiger partial charge < -0.3 is 5.32 Å². The highest BCUT2D eigenvalue weighted by Crippen LogP contribution is 2.31. The van der Waals surface area contributed by atoms with Gasteiger partial charge in [0.1, 0.15) is 0 Å². The first-order valence-electron chi connectivity index (χ1n) is 7.68.